The summed E-state index contributed by atoms with van der Waals surface area (Å²) in [6.45, 7) is 2.77. The Labute approximate surface area is 101 Å². The van der Waals surface area contributed by atoms with Gasteiger partial charge in [-0.15, -0.1) is 12.4 Å². The monoisotopic (exact) mass is 266 g/mol. The van der Waals surface area contributed by atoms with Crippen LogP contribution in [0.3, 0.4) is 0 Å². The molecule has 1 aromatic heterocycles. The van der Waals surface area contributed by atoms with Gasteiger partial charge in [0.2, 0.25) is 5.09 Å². The van der Waals surface area contributed by atoms with Crippen molar-refractivity contribution in [3.63, 3.8) is 0 Å². The van der Waals surface area contributed by atoms with E-state index in [2.05, 4.69) is 0 Å². The lowest BCUT2D eigenvalue weighted by atomic mass is 10.1. The van der Waals surface area contributed by atoms with Crippen LogP contribution in [-0.4, -0.2) is 31.9 Å². The fourth-order valence-electron chi connectivity index (χ4n) is 1.68. The van der Waals surface area contributed by atoms with Crippen molar-refractivity contribution in [3.05, 3.63) is 18.4 Å². The smallest absolute Gasteiger partial charge is 0.276 e. The molecule has 5 nitrogen and oxygen atoms in total. The van der Waals surface area contributed by atoms with Gasteiger partial charge in [0.15, 0.2) is 0 Å². The van der Waals surface area contributed by atoms with Gasteiger partial charge in [-0.1, -0.05) is 6.92 Å². The molecule has 16 heavy (non-hydrogen) atoms. The van der Waals surface area contributed by atoms with Crippen LogP contribution in [0.1, 0.15) is 6.92 Å². The molecule has 0 aromatic carbocycles. The molecule has 0 aliphatic carbocycles. The van der Waals surface area contributed by atoms with E-state index in [0.717, 1.165) is 0 Å². The third kappa shape index (κ3) is 2.24. The van der Waals surface area contributed by atoms with E-state index in [0.29, 0.717) is 13.1 Å². The van der Waals surface area contributed by atoms with Gasteiger partial charge < -0.3 is 10.2 Å². The Kier molecular flexibility index (Phi) is 4.01. The first-order valence-electron chi connectivity index (χ1n) is 4.81. The van der Waals surface area contributed by atoms with Crippen molar-refractivity contribution in [1.29, 1.82) is 0 Å². The summed E-state index contributed by atoms with van der Waals surface area (Å²) in [6, 6.07) is 2.92. The summed E-state index contributed by atoms with van der Waals surface area (Å²) in [5, 5.41) is -0.0104. The summed E-state index contributed by atoms with van der Waals surface area (Å²) in [7, 11) is -3.47. The summed E-state index contributed by atoms with van der Waals surface area (Å²) >= 11 is 0. The zero-order chi connectivity index (χ0) is 11.1. The maximum Gasteiger partial charge on any atom is 0.276 e. The van der Waals surface area contributed by atoms with E-state index < -0.39 is 10.0 Å². The summed E-state index contributed by atoms with van der Waals surface area (Å²) in [6.07, 6.45) is 1.35. The molecule has 2 atom stereocenters. The van der Waals surface area contributed by atoms with Crippen LogP contribution in [0.15, 0.2) is 27.9 Å². The van der Waals surface area contributed by atoms with Crippen LogP contribution in [0.25, 0.3) is 0 Å². The first kappa shape index (κ1) is 13.5. The number of nitrogens with zero attached hydrogens (tertiary/aromatic N) is 1. The molecule has 92 valence electrons. The second-order valence-electron chi connectivity index (χ2n) is 3.90. The number of hydrogen-bond donors (Lipinski definition) is 1. The fraction of sp³-hybridized carbons (Fsp3) is 0.556. The van der Waals surface area contributed by atoms with Crippen LogP contribution in [0, 0.1) is 5.92 Å². The number of sulfonamides is 1. The number of halogens is 1. The molecule has 0 spiro atoms. The fourth-order valence-corrected chi connectivity index (χ4v) is 3.16. The molecule has 1 aliphatic heterocycles. The van der Waals surface area contributed by atoms with Crippen LogP contribution in [0.5, 0.6) is 0 Å². The molecule has 0 bridgehead atoms. The summed E-state index contributed by atoms with van der Waals surface area (Å²) in [4.78, 5) is 0. The Balaban J connectivity index is 0.00000128. The Morgan fingerprint density at radius 1 is 1.50 bits per heavy atom. The average molecular weight is 267 g/mol. The van der Waals surface area contributed by atoms with Crippen LogP contribution >= 0.6 is 12.4 Å². The lowest BCUT2D eigenvalue weighted by molar-refractivity contribution is 0.406. The molecule has 7 heteroatoms. The van der Waals surface area contributed by atoms with E-state index in [1.54, 1.807) is 6.07 Å². The third-order valence-corrected chi connectivity index (χ3v) is 4.44. The highest BCUT2D eigenvalue weighted by Crippen LogP contribution is 2.23. The summed E-state index contributed by atoms with van der Waals surface area (Å²) in [5.74, 6) is 0.190. The Morgan fingerprint density at radius 2 is 2.19 bits per heavy atom. The minimum Gasteiger partial charge on any atom is -0.452 e. The van der Waals surface area contributed by atoms with Crippen molar-refractivity contribution >= 4 is 22.4 Å². The largest absolute Gasteiger partial charge is 0.452 e. The maximum atomic E-state index is 12.0. The van der Waals surface area contributed by atoms with Crippen molar-refractivity contribution in [2.24, 2.45) is 11.7 Å². The zero-order valence-corrected chi connectivity index (χ0v) is 10.5. The molecule has 2 unspecified atom stereocenters. The standard InChI is InChI=1S/C9H14N2O3S.ClH/c1-7-5-11(6-8(7)10)15(12,13)9-3-2-4-14-9;/h2-4,7-8H,5-6,10H2,1H3;1H. The van der Waals surface area contributed by atoms with Gasteiger partial charge >= 0.3 is 0 Å². The molecule has 0 radical (unpaired) electrons. The van der Waals surface area contributed by atoms with E-state index >= 15 is 0 Å². The lowest BCUT2D eigenvalue weighted by Gasteiger charge is -2.13. The molecule has 1 aliphatic rings. The first-order chi connectivity index (χ1) is 7.01. The molecule has 0 amide bonds. The lowest BCUT2D eigenvalue weighted by Crippen LogP contribution is -2.32. The van der Waals surface area contributed by atoms with Gasteiger partial charge in [0, 0.05) is 19.1 Å². The van der Waals surface area contributed by atoms with Gasteiger partial charge in [0.1, 0.15) is 0 Å². The van der Waals surface area contributed by atoms with Gasteiger partial charge in [0.25, 0.3) is 10.0 Å². The summed E-state index contributed by atoms with van der Waals surface area (Å²) in [5.41, 5.74) is 5.78. The molecule has 2 N–H and O–H groups in total. The molecule has 2 rings (SSSR count). The predicted molar refractivity (Wildman–Crippen MR) is 61.9 cm³/mol. The normalized spacial score (nSPS) is 26.6. The molecule has 2 heterocycles. The Bertz CT molecular complexity index is 422. The maximum absolute atomic E-state index is 12.0. The third-order valence-electron chi connectivity index (χ3n) is 2.73. The van der Waals surface area contributed by atoms with Gasteiger partial charge in [-0.25, -0.2) is 8.42 Å². The molecule has 1 fully saturated rings. The first-order valence-corrected chi connectivity index (χ1v) is 6.25. The van der Waals surface area contributed by atoms with Crippen LogP contribution in [-0.2, 0) is 10.0 Å². The molecular formula is C9H15ClN2O3S. The second-order valence-corrected chi connectivity index (χ2v) is 5.76. The second kappa shape index (κ2) is 4.75. The van der Waals surface area contributed by atoms with Crippen molar-refractivity contribution in [2.75, 3.05) is 13.1 Å². The quantitative estimate of drug-likeness (QED) is 0.854. The van der Waals surface area contributed by atoms with Crippen molar-refractivity contribution in [2.45, 2.75) is 18.1 Å². The van der Waals surface area contributed by atoms with Gasteiger partial charge in [0.05, 0.1) is 6.26 Å². The number of rotatable bonds is 2. The van der Waals surface area contributed by atoms with Crippen LogP contribution in [0.4, 0.5) is 0 Å². The highest BCUT2D eigenvalue weighted by molar-refractivity contribution is 7.89. The topological polar surface area (TPSA) is 76.5 Å². The van der Waals surface area contributed by atoms with Gasteiger partial charge in [-0.3, -0.25) is 0 Å². The molecular weight excluding hydrogens is 252 g/mol. The van der Waals surface area contributed by atoms with Crippen molar-refractivity contribution in [1.82, 2.24) is 4.31 Å². The van der Waals surface area contributed by atoms with E-state index in [-0.39, 0.29) is 29.5 Å². The number of hydrogen-bond acceptors (Lipinski definition) is 4. The highest BCUT2D eigenvalue weighted by Gasteiger charge is 2.36. The van der Waals surface area contributed by atoms with Crippen LogP contribution < -0.4 is 5.73 Å². The van der Waals surface area contributed by atoms with E-state index in [4.69, 9.17) is 10.2 Å². The minimum absolute atomic E-state index is 0. The van der Waals surface area contributed by atoms with E-state index in [9.17, 15) is 8.42 Å². The Morgan fingerprint density at radius 3 is 2.62 bits per heavy atom. The molecule has 1 saturated heterocycles. The van der Waals surface area contributed by atoms with Gasteiger partial charge in [-0.05, 0) is 18.1 Å². The van der Waals surface area contributed by atoms with E-state index in [1.807, 2.05) is 6.92 Å². The zero-order valence-electron chi connectivity index (χ0n) is 8.87. The predicted octanol–water partition coefficient (Wildman–Crippen LogP) is 0.669. The van der Waals surface area contributed by atoms with Gasteiger partial charge in [-0.2, -0.15) is 4.31 Å². The highest BCUT2D eigenvalue weighted by atomic mass is 35.5. The summed E-state index contributed by atoms with van der Waals surface area (Å²) < 4.78 is 30.2. The minimum atomic E-state index is -3.47. The average Bonchev–Trinajstić information content (AvgIpc) is 2.77. The number of nitrogens with two attached hydrogens (primary N) is 1. The number of furan rings is 1. The Hall–Kier alpha value is -0.560. The van der Waals surface area contributed by atoms with Crippen LogP contribution in [0.2, 0.25) is 0 Å². The van der Waals surface area contributed by atoms with E-state index in [1.165, 1.54) is 16.6 Å². The molecule has 1 aromatic rings. The van der Waals surface area contributed by atoms with Crippen molar-refractivity contribution in [3.8, 4) is 0 Å². The molecule has 0 saturated carbocycles. The van der Waals surface area contributed by atoms with Crippen molar-refractivity contribution < 1.29 is 12.8 Å². The SMILES string of the molecule is CC1CN(S(=O)(=O)c2ccco2)CC1N.Cl.